The maximum Gasteiger partial charge on any atom is 0.147 e. The van der Waals surface area contributed by atoms with Crippen molar-refractivity contribution in [3.63, 3.8) is 0 Å². The number of aromatic nitrogens is 1. The van der Waals surface area contributed by atoms with Gasteiger partial charge in [0.15, 0.2) is 0 Å². The van der Waals surface area contributed by atoms with E-state index in [4.69, 9.17) is 0 Å². The predicted octanol–water partition coefficient (Wildman–Crippen LogP) is 7.93. The molecule has 2 nitrogen and oxygen atoms in total. The third-order valence-corrected chi connectivity index (χ3v) is 6.46. The summed E-state index contributed by atoms with van der Waals surface area (Å²) < 4.78 is 2.19. The Morgan fingerprint density at radius 3 is 1.91 bits per heavy atom. The highest BCUT2D eigenvalue weighted by atomic mass is 16.3. The molecule has 6 aromatic rings. The molecule has 2 heteroatoms. The minimum atomic E-state index is 0.307. The Morgan fingerprint density at radius 1 is 0.625 bits per heavy atom. The van der Waals surface area contributed by atoms with Gasteiger partial charge in [-0.1, -0.05) is 72.8 Å². The molecule has 1 aromatic heterocycles. The summed E-state index contributed by atoms with van der Waals surface area (Å²) in [4.78, 5) is 0. The number of fused-ring (bicyclic) bond motifs is 4. The highest BCUT2D eigenvalue weighted by Gasteiger charge is 2.19. The number of rotatable bonds is 2. The van der Waals surface area contributed by atoms with E-state index in [-0.39, 0.29) is 0 Å². The van der Waals surface area contributed by atoms with Crippen molar-refractivity contribution in [2.24, 2.45) is 0 Å². The molecule has 6 rings (SSSR count). The quantitative estimate of drug-likeness (QED) is 0.306. The first-order valence-electron chi connectivity index (χ1n) is 10.9. The van der Waals surface area contributed by atoms with Gasteiger partial charge in [0.05, 0.1) is 16.7 Å². The lowest BCUT2D eigenvalue weighted by atomic mass is 9.92. The second-order valence-electron chi connectivity index (χ2n) is 8.53. The van der Waals surface area contributed by atoms with Crippen LogP contribution in [0.2, 0.25) is 0 Å². The molecule has 0 atom stereocenters. The minimum Gasteiger partial charge on any atom is -0.505 e. The monoisotopic (exact) mass is 413 g/mol. The molecule has 0 bridgehead atoms. The molecule has 0 aliphatic heterocycles. The zero-order valence-electron chi connectivity index (χ0n) is 18.1. The molecule has 0 aliphatic rings. The van der Waals surface area contributed by atoms with Crippen molar-refractivity contribution < 1.29 is 5.11 Å². The van der Waals surface area contributed by atoms with Gasteiger partial charge >= 0.3 is 0 Å². The third kappa shape index (κ3) is 2.66. The van der Waals surface area contributed by atoms with E-state index in [1.54, 1.807) is 0 Å². The van der Waals surface area contributed by atoms with Crippen LogP contribution in [0, 0.1) is 13.8 Å². The van der Waals surface area contributed by atoms with Gasteiger partial charge in [-0.05, 0) is 65.6 Å². The lowest BCUT2D eigenvalue weighted by molar-refractivity contribution is 0.475. The van der Waals surface area contributed by atoms with E-state index in [2.05, 4.69) is 115 Å². The maximum absolute atomic E-state index is 11.7. The van der Waals surface area contributed by atoms with Crippen LogP contribution in [-0.2, 0) is 0 Å². The van der Waals surface area contributed by atoms with Gasteiger partial charge < -0.3 is 9.67 Å². The van der Waals surface area contributed by atoms with E-state index >= 15 is 0 Å². The highest BCUT2D eigenvalue weighted by molar-refractivity contribution is 6.10. The first-order chi connectivity index (χ1) is 15.6. The summed E-state index contributed by atoms with van der Waals surface area (Å²) in [7, 11) is 0. The van der Waals surface area contributed by atoms with E-state index < -0.39 is 0 Å². The Morgan fingerprint density at radius 2 is 1.22 bits per heavy atom. The van der Waals surface area contributed by atoms with E-state index in [0.717, 1.165) is 44.4 Å². The number of phenolic OH excluding ortho intramolecular Hbond substituents is 1. The summed E-state index contributed by atoms with van der Waals surface area (Å²) in [5.74, 6) is 0.307. The molecule has 154 valence electrons. The van der Waals surface area contributed by atoms with Gasteiger partial charge in [-0.2, -0.15) is 0 Å². The summed E-state index contributed by atoms with van der Waals surface area (Å²) >= 11 is 0. The van der Waals surface area contributed by atoms with Crippen LogP contribution < -0.4 is 0 Å². The molecular weight excluding hydrogens is 390 g/mol. The second kappa shape index (κ2) is 7.00. The minimum absolute atomic E-state index is 0.307. The number of nitrogens with zero attached hydrogens (tertiary/aromatic N) is 1. The summed E-state index contributed by atoms with van der Waals surface area (Å²) in [5.41, 5.74) is 7.22. The van der Waals surface area contributed by atoms with Crippen LogP contribution in [0.5, 0.6) is 5.75 Å². The molecule has 0 fully saturated rings. The van der Waals surface area contributed by atoms with Crippen molar-refractivity contribution in [1.82, 2.24) is 4.57 Å². The number of aryl methyl sites for hydroxylation is 2. The number of hydrogen-bond donors (Lipinski definition) is 1. The Kier molecular flexibility index (Phi) is 4.09. The normalized spacial score (nSPS) is 11.6. The van der Waals surface area contributed by atoms with Crippen LogP contribution in [0.4, 0.5) is 0 Å². The van der Waals surface area contributed by atoms with Crippen molar-refractivity contribution in [3.05, 3.63) is 108 Å². The number of phenols is 1. The van der Waals surface area contributed by atoms with E-state index in [9.17, 15) is 5.11 Å². The average molecular weight is 414 g/mol. The molecule has 0 saturated heterocycles. The standard InChI is InChI=1S/C30H23NO/c1-19-17-25(29-20(2)15-16-21-9-3-4-10-22(21)29)30(32)28(18-19)31-26-13-7-5-11-23(26)24-12-6-8-14-27(24)31/h3-18,32H,1-2H3. The number of hydrogen-bond acceptors (Lipinski definition) is 1. The van der Waals surface area contributed by atoms with Gasteiger partial charge in [-0.25, -0.2) is 0 Å². The smallest absolute Gasteiger partial charge is 0.147 e. The van der Waals surface area contributed by atoms with Gasteiger partial charge in [0.2, 0.25) is 0 Å². The molecular formula is C30H23NO. The van der Waals surface area contributed by atoms with Crippen LogP contribution >= 0.6 is 0 Å². The van der Waals surface area contributed by atoms with Gasteiger partial charge in [-0.3, -0.25) is 0 Å². The Labute approximate surface area is 187 Å². The Balaban J connectivity index is 1.74. The predicted molar refractivity (Wildman–Crippen MR) is 135 cm³/mol. The number of para-hydroxylation sites is 2. The van der Waals surface area contributed by atoms with Crippen molar-refractivity contribution >= 4 is 32.6 Å². The molecule has 5 aromatic carbocycles. The highest BCUT2D eigenvalue weighted by Crippen LogP contribution is 2.43. The molecule has 1 N–H and O–H groups in total. The average Bonchev–Trinajstić information content (AvgIpc) is 3.15. The molecule has 0 radical (unpaired) electrons. The van der Waals surface area contributed by atoms with E-state index in [0.29, 0.717) is 5.75 Å². The van der Waals surface area contributed by atoms with Gasteiger partial charge in [0.1, 0.15) is 5.75 Å². The lowest BCUT2D eigenvalue weighted by Gasteiger charge is -2.18. The van der Waals surface area contributed by atoms with Crippen LogP contribution in [0.15, 0.2) is 97.1 Å². The Bertz CT molecular complexity index is 1600. The van der Waals surface area contributed by atoms with E-state index in [1.807, 2.05) is 0 Å². The van der Waals surface area contributed by atoms with Crippen LogP contribution in [0.3, 0.4) is 0 Å². The third-order valence-electron chi connectivity index (χ3n) is 6.46. The topological polar surface area (TPSA) is 25.2 Å². The molecule has 0 spiro atoms. The molecule has 0 aliphatic carbocycles. The molecule has 0 saturated carbocycles. The first-order valence-corrected chi connectivity index (χ1v) is 10.9. The first kappa shape index (κ1) is 18.7. The second-order valence-corrected chi connectivity index (χ2v) is 8.53. The van der Waals surface area contributed by atoms with Crippen molar-refractivity contribution in [1.29, 1.82) is 0 Å². The molecule has 0 amide bonds. The van der Waals surface area contributed by atoms with Crippen LogP contribution in [0.25, 0.3) is 49.4 Å². The molecule has 32 heavy (non-hydrogen) atoms. The SMILES string of the molecule is Cc1cc(-c2c(C)ccc3ccccc23)c(O)c(-n2c3ccccc3c3ccccc32)c1. The summed E-state index contributed by atoms with van der Waals surface area (Å²) in [6.45, 7) is 4.21. The number of benzene rings is 5. The zero-order valence-corrected chi connectivity index (χ0v) is 18.1. The largest absolute Gasteiger partial charge is 0.505 e. The van der Waals surface area contributed by atoms with Crippen LogP contribution in [0.1, 0.15) is 11.1 Å². The van der Waals surface area contributed by atoms with Gasteiger partial charge in [0, 0.05) is 16.3 Å². The fraction of sp³-hybridized carbons (Fsp3) is 0.0667. The van der Waals surface area contributed by atoms with Gasteiger partial charge in [-0.15, -0.1) is 0 Å². The van der Waals surface area contributed by atoms with Gasteiger partial charge in [0.25, 0.3) is 0 Å². The van der Waals surface area contributed by atoms with E-state index in [1.165, 1.54) is 16.2 Å². The zero-order chi connectivity index (χ0) is 21.8. The molecule has 0 unspecified atom stereocenters. The van der Waals surface area contributed by atoms with Crippen molar-refractivity contribution in [3.8, 4) is 22.6 Å². The fourth-order valence-electron chi connectivity index (χ4n) is 5.04. The summed E-state index contributed by atoms with van der Waals surface area (Å²) in [6.07, 6.45) is 0. The van der Waals surface area contributed by atoms with Crippen LogP contribution in [-0.4, -0.2) is 9.67 Å². The lowest BCUT2D eigenvalue weighted by Crippen LogP contribution is -1.98. The number of aromatic hydroxyl groups is 1. The van der Waals surface area contributed by atoms with Crippen molar-refractivity contribution in [2.75, 3.05) is 0 Å². The fourth-order valence-corrected chi connectivity index (χ4v) is 5.04. The molecule has 1 heterocycles. The summed E-state index contributed by atoms with van der Waals surface area (Å²) in [5, 5.41) is 16.4. The van der Waals surface area contributed by atoms with Crippen molar-refractivity contribution in [2.45, 2.75) is 13.8 Å². The maximum atomic E-state index is 11.7. The summed E-state index contributed by atoms with van der Waals surface area (Å²) in [6, 6.07) is 33.6. The Hall–Kier alpha value is -4.04.